The zero-order valence-corrected chi connectivity index (χ0v) is 9.40. The molecule has 0 radical (unpaired) electrons. The van der Waals surface area contributed by atoms with Crippen LogP contribution in [0.2, 0.25) is 5.02 Å². The van der Waals surface area contributed by atoms with Gasteiger partial charge >= 0.3 is 0 Å². The second-order valence-corrected chi connectivity index (χ2v) is 3.72. The lowest BCUT2D eigenvalue weighted by Gasteiger charge is -2.09. The summed E-state index contributed by atoms with van der Waals surface area (Å²) in [6.45, 7) is 4.12. The van der Waals surface area contributed by atoms with E-state index in [9.17, 15) is 4.79 Å². The number of carbonyl (C=O) groups excluding carboxylic acids is 1. The number of ketones is 1. The van der Waals surface area contributed by atoms with Crippen molar-refractivity contribution in [1.29, 1.82) is 0 Å². The third-order valence-electron chi connectivity index (χ3n) is 2.16. The quantitative estimate of drug-likeness (QED) is 0.778. The Morgan fingerprint density at radius 2 is 1.93 bits per heavy atom. The molecule has 0 saturated heterocycles. The maximum atomic E-state index is 11.7. The van der Waals surface area contributed by atoms with Crippen molar-refractivity contribution in [2.24, 2.45) is 0 Å². The Balaban J connectivity index is 3.18. The van der Waals surface area contributed by atoms with Crippen LogP contribution in [0.15, 0.2) is 12.1 Å². The first kappa shape index (κ1) is 11.2. The summed E-state index contributed by atoms with van der Waals surface area (Å²) in [7, 11) is 1.75. The highest BCUT2D eigenvalue weighted by molar-refractivity contribution is 6.35. The standard InChI is InChI=1S/C11H14ClNO/c1-7-4-5-8(2)11(12)10(7)9(14)6-13-3/h4-5,13H,6H2,1-3H3. The first-order chi connectivity index (χ1) is 6.57. The van der Waals surface area contributed by atoms with Crippen molar-refractivity contribution < 1.29 is 4.79 Å². The van der Waals surface area contributed by atoms with Crippen molar-refractivity contribution in [2.75, 3.05) is 13.6 Å². The number of halogens is 1. The molecular formula is C11H14ClNO. The summed E-state index contributed by atoms with van der Waals surface area (Å²) in [6, 6.07) is 3.85. The number of benzene rings is 1. The van der Waals surface area contributed by atoms with E-state index in [1.165, 1.54) is 0 Å². The van der Waals surface area contributed by atoms with E-state index in [-0.39, 0.29) is 5.78 Å². The van der Waals surface area contributed by atoms with Gasteiger partial charge in [-0.2, -0.15) is 0 Å². The normalized spacial score (nSPS) is 10.3. The van der Waals surface area contributed by atoms with Gasteiger partial charge in [0.2, 0.25) is 0 Å². The zero-order chi connectivity index (χ0) is 10.7. The van der Waals surface area contributed by atoms with Gasteiger partial charge in [0.15, 0.2) is 5.78 Å². The molecule has 1 N–H and O–H groups in total. The highest BCUT2D eigenvalue weighted by atomic mass is 35.5. The van der Waals surface area contributed by atoms with E-state index in [0.717, 1.165) is 11.1 Å². The first-order valence-electron chi connectivity index (χ1n) is 4.51. The summed E-state index contributed by atoms with van der Waals surface area (Å²) in [6.07, 6.45) is 0. The zero-order valence-electron chi connectivity index (χ0n) is 8.65. The molecule has 0 fully saturated rings. The molecule has 2 nitrogen and oxygen atoms in total. The van der Waals surface area contributed by atoms with E-state index in [1.54, 1.807) is 7.05 Å². The van der Waals surface area contributed by atoms with E-state index < -0.39 is 0 Å². The molecule has 0 unspecified atom stereocenters. The molecule has 0 bridgehead atoms. The monoisotopic (exact) mass is 211 g/mol. The summed E-state index contributed by atoms with van der Waals surface area (Å²) in [4.78, 5) is 11.7. The number of aryl methyl sites for hydroxylation is 2. The smallest absolute Gasteiger partial charge is 0.178 e. The molecule has 1 rings (SSSR count). The van der Waals surface area contributed by atoms with Gasteiger partial charge in [0.05, 0.1) is 11.6 Å². The van der Waals surface area contributed by atoms with E-state index in [4.69, 9.17) is 11.6 Å². The predicted molar refractivity (Wildman–Crippen MR) is 59.2 cm³/mol. The van der Waals surface area contributed by atoms with Gasteiger partial charge in [-0.1, -0.05) is 23.7 Å². The number of carbonyl (C=O) groups is 1. The van der Waals surface area contributed by atoms with Crippen molar-refractivity contribution in [3.8, 4) is 0 Å². The minimum Gasteiger partial charge on any atom is -0.313 e. The van der Waals surface area contributed by atoms with Crippen molar-refractivity contribution >= 4 is 17.4 Å². The average Bonchev–Trinajstić information content (AvgIpc) is 2.13. The molecule has 1 aromatic carbocycles. The van der Waals surface area contributed by atoms with Crippen LogP contribution in [0.4, 0.5) is 0 Å². The number of likely N-dealkylation sites (N-methyl/N-ethyl adjacent to an activating group) is 1. The molecule has 0 aliphatic heterocycles. The summed E-state index contributed by atoms with van der Waals surface area (Å²) < 4.78 is 0. The molecule has 0 amide bonds. The molecule has 3 heteroatoms. The molecule has 0 aliphatic rings. The molecule has 14 heavy (non-hydrogen) atoms. The molecule has 0 saturated carbocycles. The van der Waals surface area contributed by atoms with E-state index >= 15 is 0 Å². The van der Waals surface area contributed by atoms with Gasteiger partial charge in [-0.05, 0) is 32.0 Å². The van der Waals surface area contributed by atoms with Crippen LogP contribution in [-0.4, -0.2) is 19.4 Å². The van der Waals surface area contributed by atoms with Gasteiger partial charge in [0.25, 0.3) is 0 Å². The van der Waals surface area contributed by atoms with Crippen LogP contribution in [0.25, 0.3) is 0 Å². The highest BCUT2D eigenvalue weighted by Gasteiger charge is 2.13. The minimum absolute atomic E-state index is 0.0405. The van der Waals surface area contributed by atoms with Gasteiger partial charge in [0, 0.05) is 5.56 Å². The lowest BCUT2D eigenvalue weighted by atomic mass is 10.0. The Bertz CT molecular complexity index is 361. The van der Waals surface area contributed by atoms with Crippen molar-refractivity contribution in [2.45, 2.75) is 13.8 Å². The van der Waals surface area contributed by atoms with Crippen LogP contribution in [0, 0.1) is 13.8 Å². The van der Waals surface area contributed by atoms with E-state index in [2.05, 4.69) is 5.32 Å². The molecule has 0 heterocycles. The Morgan fingerprint density at radius 1 is 1.36 bits per heavy atom. The Hall–Kier alpha value is -0.860. The Kier molecular flexibility index (Phi) is 3.67. The van der Waals surface area contributed by atoms with Gasteiger partial charge < -0.3 is 5.32 Å². The SMILES string of the molecule is CNCC(=O)c1c(C)ccc(C)c1Cl. The fraction of sp³-hybridized carbons (Fsp3) is 0.364. The van der Waals surface area contributed by atoms with Crippen LogP contribution in [0.5, 0.6) is 0 Å². The lowest BCUT2D eigenvalue weighted by molar-refractivity contribution is 0.0993. The number of Topliss-reactive ketones (excluding diaryl/α,β-unsaturated/α-hetero) is 1. The van der Waals surface area contributed by atoms with Gasteiger partial charge in [-0.3, -0.25) is 4.79 Å². The fourth-order valence-electron chi connectivity index (χ4n) is 1.37. The average molecular weight is 212 g/mol. The number of hydrogen-bond acceptors (Lipinski definition) is 2. The van der Waals surface area contributed by atoms with Crippen molar-refractivity contribution in [3.05, 3.63) is 33.8 Å². The fourth-order valence-corrected chi connectivity index (χ4v) is 1.69. The third-order valence-corrected chi connectivity index (χ3v) is 2.65. The predicted octanol–water partition coefficient (Wildman–Crippen LogP) is 2.36. The second kappa shape index (κ2) is 4.58. The topological polar surface area (TPSA) is 29.1 Å². The van der Waals surface area contributed by atoms with Gasteiger partial charge in [-0.15, -0.1) is 0 Å². The van der Waals surface area contributed by atoms with Gasteiger partial charge in [0.1, 0.15) is 0 Å². The maximum absolute atomic E-state index is 11.7. The lowest BCUT2D eigenvalue weighted by Crippen LogP contribution is -2.20. The van der Waals surface area contributed by atoms with Crippen LogP contribution in [-0.2, 0) is 0 Å². The second-order valence-electron chi connectivity index (χ2n) is 3.34. The number of hydrogen-bond donors (Lipinski definition) is 1. The molecule has 0 aromatic heterocycles. The molecule has 0 atom stereocenters. The van der Waals surface area contributed by atoms with Crippen LogP contribution in [0.1, 0.15) is 21.5 Å². The molecular weight excluding hydrogens is 198 g/mol. The molecule has 0 aliphatic carbocycles. The van der Waals surface area contributed by atoms with Crippen LogP contribution < -0.4 is 5.32 Å². The summed E-state index contributed by atoms with van der Waals surface area (Å²) in [5.41, 5.74) is 2.51. The molecule has 76 valence electrons. The largest absolute Gasteiger partial charge is 0.313 e. The van der Waals surface area contributed by atoms with Crippen molar-refractivity contribution in [3.63, 3.8) is 0 Å². The van der Waals surface area contributed by atoms with Crippen molar-refractivity contribution in [1.82, 2.24) is 5.32 Å². The Morgan fingerprint density at radius 3 is 2.50 bits per heavy atom. The minimum atomic E-state index is 0.0405. The molecule has 1 aromatic rings. The van der Waals surface area contributed by atoms with E-state index in [0.29, 0.717) is 17.1 Å². The van der Waals surface area contributed by atoms with Crippen LogP contribution >= 0.6 is 11.6 Å². The van der Waals surface area contributed by atoms with Crippen LogP contribution in [0.3, 0.4) is 0 Å². The summed E-state index contributed by atoms with van der Waals surface area (Å²) in [5.74, 6) is 0.0405. The Labute approximate surface area is 89.3 Å². The summed E-state index contributed by atoms with van der Waals surface area (Å²) in [5, 5.41) is 3.41. The van der Waals surface area contributed by atoms with Gasteiger partial charge in [-0.25, -0.2) is 0 Å². The highest BCUT2D eigenvalue weighted by Crippen LogP contribution is 2.24. The number of nitrogens with one attached hydrogen (secondary N) is 1. The molecule has 0 spiro atoms. The van der Waals surface area contributed by atoms with E-state index in [1.807, 2.05) is 26.0 Å². The number of rotatable bonds is 3. The third kappa shape index (κ3) is 2.14. The first-order valence-corrected chi connectivity index (χ1v) is 4.89. The summed E-state index contributed by atoms with van der Waals surface area (Å²) >= 11 is 6.08. The maximum Gasteiger partial charge on any atom is 0.178 e.